The first-order valence-electron chi connectivity index (χ1n) is 14.0. The highest BCUT2D eigenvalue weighted by atomic mass is 16.5. The van der Waals surface area contributed by atoms with Crippen LogP contribution < -0.4 is 11.5 Å². The van der Waals surface area contributed by atoms with Crippen molar-refractivity contribution < 1.29 is 9.84 Å². The van der Waals surface area contributed by atoms with E-state index in [2.05, 4.69) is 24.9 Å². The largest absolute Gasteiger partial charge is 0.396 e. The zero-order valence-electron chi connectivity index (χ0n) is 21.3. The number of aliphatic hydroxyl groups is 1. The maximum atomic E-state index is 10.3. The third-order valence-electron chi connectivity index (χ3n) is 11.1. The molecular weight excluding hydrogens is 422 g/mol. The molecule has 2 aliphatic heterocycles. The predicted molar refractivity (Wildman–Crippen MR) is 135 cm³/mol. The van der Waals surface area contributed by atoms with Gasteiger partial charge in [0, 0.05) is 30.2 Å². The van der Waals surface area contributed by atoms with Crippen LogP contribution in [0, 0.1) is 35.0 Å². The summed E-state index contributed by atoms with van der Waals surface area (Å²) in [5, 5.41) is 10.3. The maximum Gasteiger partial charge on any atom is 0.123 e. The fourth-order valence-corrected chi connectivity index (χ4v) is 10.4. The highest BCUT2D eigenvalue weighted by molar-refractivity contribution is 5.29. The van der Waals surface area contributed by atoms with Crippen LogP contribution in [0.4, 0.5) is 5.82 Å². The van der Waals surface area contributed by atoms with Gasteiger partial charge in [-0.1, -0.05) is 18.9 Å². The van der Waals surface area contributed by atoms with Crippen LogP contribution in [0.5, 0.6) is 0 Å². The fourth-order valence-electron chi connectivity index (χ4n) is 10.4. The van der Waals surface area contributed by atoms with Crippen LogP contribution in [0.15, 0.2) is 18.3 Å². The number of ether oxygens (including phenoxy) is 1. The lowest BCUT2D eigenvalue weighted by Crippen LogP contribution is -2.78. The molecule has 0 unspecified atom stereocenters. The highest BCUT2D eigenvalue weighted by Gasteiger charge is 2.70. The Morgan fingerprint density at radius 2 is 1.91 bits per heavy atom. The molecule has 6 aliphatic rings. The summed E-state index contributed by atoms with van der Waals surface area (Å²) in [5.41, 5.74) is 14.3. The van der Waals surface area contributed by atoms with Crippen molar-refractivity contribution in [3.05, 3.63) is 23.9 Å². The van der Waals surface area contributed by atoms with Crippen molar-refractivity contribution in [2.24, 2.45) is 40.7 Å². The molecule has 1 aromatic heterocycles. The second kappa shape index (κ2) is 7.91. The van der Waals surface area contributed by atoms with Gasteiger partial charge in [0.1, 0.15) is 5.82 Å². The van der Waals surface area contributed by atoms with Crippen molar-refractivity contribution in [1.82, 2.24) is 4.98 Å². The molecule has 0 amide bonds. The van der Waals surface area contributed by atoms with E-state index in [9.17, 15) is 5.11 Å². The molecule has 188 valence electrons. The third kappa shape index (κ3) is 3.56. The first-order valence-corrected chi connectivity index (χ1v) is 14.0. The van der Waals surface area contributed by atoms with Gasteiger partial charge in [-0.2, -0.15) is 0 Å². The minimum absolute atomic E-state index is 0.140. The molecule has 5 N–H and O–H groups in total. The van der Waals surface area contributed by atoms with E-state index < -0.39 is 0 Å². The molecule has 4 aliphatic carbocycles. The molecule has 6 fully saturated rings. The molecule has 7 atom stereocenters. The monoisotopic (exact) mass is 467 g/mol. The Morgan fingerprint density at radius 1 is 1.12 bits per heavy atom. The average Bonchev–Trinajstić information content (AvgIpc) is 3.20. The number of nitrogens with two attached hydrogens (primary N) is 2. The molecule has 5 nitrogen and oxygen atoms in total. The summed E-state index contributed by atoms with van der Waals surface area (Å²) < 4.78 is 7.22. The minimum atomic E-state index is -0.297. The molecule has 1 spiro atoms. The molecule has 4 saturated carbocycles. The van der Waals surface area contributed by atoms with Gasteiger partial charge in [-0.25, -0.2) is 4.98 Å². The number of pyridine rings is 1. The summed E-state index contributed by atoms with van der Waals surface area (Å²) in [7, 11) is 0. The van der Waals surface area contributed by atoms with Crippen LogP contribution in [0.2, 0.25) is 0 Å². The Hall–Kier alpha value is -1.17. The zero-order valence-corrected chi connectivity index (χ0v) is 21.3. The van der Waals surface area contributed by atoms with E-state index in [4.69, 9.17) is 16.2 Å². The van der Waals surface area contributed by atoms with Gasteiger partial charge in [-0.3, -0.25) is 0 Å². The lowest BCUT2D eigenvalue weighted by atomic mass is 9.43. The van der Waals surface area contributed by atoms with Gasteiger partial charge in [0.2, 0.25) is 0 Å². The second-order valence-corrected chi connectivity index (χ2v) is 13.7. The smallest absolute Gasteiger partial charge is 0.123 e. The summed E-state index contributed by atoms with van der Waals surface area (Å²) >= 11 is 0. The molecule has 3 heterocycles. The number of hydrogen-bond acceptors (Lipinski definition) is 5. The van der Waals surface area contributed by atoms with Crippen molar-refractivity contribution in [3.63, 3.8) is 0 Å². The maximum absolute atomic E-state index is 10.3. The summed E-state index contributed by atoms with van der Waals surface area (Å²) in [6.45, 7) is 4.81. The number of nitrogen functional groups attached to an aromatic ring is 1. The van der Waals surface area contributed by atoms with E-state index in [0.29, 0.717) is 34.9 Å². The fraction of sp³-hybridized carbons (Fsp3) is 0.828. The van der Waals surface area contributed by atoms with E-state index in [1.54, 1.807) is 0 Å². The second-order valence-electron chi connectivity index (χ2n) is 13.7. The van der Waals surface area contributed by atoms with Crippen molar-refractivity contribution in [2.45, 2.75) is 108 Å². The van der Waals surface area contributed by atoms with Crippen molar-refractivity contribution in [1.29, 1.82) is 0 Å². The zero-order chi connectivity index (χ0) is 23.8. The molecule has 4 bridgehead atoms. The lowest BCUT2D eigenvalue weighted by molar-refractivity contribution is -0.324. The molecular formula is C29H45N3O2. The SMILES string of the molecule is CC1(C)O[C@@]2([C@H]3C[C@@H](Cc4ccc(N)nc4)CC4(CCCC4)C3)C[C@@H]3CC[C@H](CO)[C@](N)(C2)[C@@H]31. The Labute approximate surface area is 205 Å². The van der Waals surface area contributed by atoms with Gasteiger partial charge in [-0.15, -0.1) is 0 Å². The van der Waals surface area contributed by atoms with E-state index in [-0.39, 0.29) is 29.3 Å². The van der Waals surface area contributed by atoms with E-state index in [1.165, 1.54) is 63.4 Å². The van der Waals surface area contributed by atoms with Crippen molar-refractivity contribution >= 4 is 5.82 Å². The average molecular weight is 468 g/mol. The first kappa shape index (κ1) is 23.2. The summed E-state index contributed by atoms with van der Waals surface area (Å²) in [5.74, 6) is 3.00. The highest BCUT2D eigenvalue weighted by Crippen LogP contribution is 2.67. The van der Waals surface area contributed by atoms with Crippen LogP contribution in [0.3, 0.4) is 0 Å². The molecule has 34 heavy (non-hydrogen) atoms. The van der Waals surface area contributed by atoms with Crippen molar-refractivity contribution in [3.8, 4) is 0 Å². The molecule has 2 saturated heterocycles. The summed E-state index contributed by atoms with van der Waals surface area (Å²) in [6, 6.07) is 4.12. The Bertz CT molecular complexity index is 910. The lowest BCUT2D eigenvalue weighted by Gasteiger charge is -2.71. The molecule has 0 radical (unpaired) electrons. The number of rotatable bonds is 4. The van der Waals surface area contributed by atoms with Gasteiger partial charge in [-0.05, 0) is 113 Å². The standard InChI is InChI=1S/C29H45N3O2/c1-26(2)25-21-6-7-22(17-33)29(25,31)18-28(14-21,34-26)23-12-20(11-19-5-8-24(30)32-16-19)13-27(15-23)9-3-4-10-27/h5,8,16,20-23,25,33H,3-4,6-7,9-15,17-18,31H2,1-2H3,(H2,30,32)/t20-,21+,22-,23+,25+,28+,29-/m1/s1. The summed E-state index contributed by atoms with van der Waals surface area (Å²) in [6.07, 6.45) is 16.8. The van der Waals surface area contributed by atoms with E-state index >= 15 is 0 Å². The van der Waals surface area contributed by atoms with Gasteiger partial charge in [0.25, 0.3) is 0 Å². The number of hydrogen-bond donors (Lipinski definition) is 3. The third-order valence-corrected chi connectivity index (χ3v) is 11.1. The van der Waals surface area contributed by atoms with E-state index in [0.717, 1.165) is 19.3 Å². The van der Waals surface area contributed by atoms with Gasteiger partial charge in [0.05, 0.1) is 11.2 Å². The topological polar surface area (TPSA) is 94.4 Å². The first-order chi connectivity index (χ1) is 16.2. The van der Waals surface area contributed by atoms with Crippen LogP contribution >= 0.6 is 0 Å². The Balaban J connectivity index is 1.34. The number of anilines is 1. The number of aliphatic hydroxyl groups excluding tert-OH is 1. The predicted octanol–water partition coefficient (Wildman–Crippen LogP) is 4.86. The Morgan fingerprint density at radius 3 is 2.62 bits per heavy atom. The van der Waals surface area contributed by atoms with Gasteiger partial charge < -0.3 is 21.3 Å². The molecule has 1 aromatic rings. The van der Waals surface area contributed by atoms with Crippen molar-refractivity contribution in [2.75, 3.05) is 12.3 Å². The number of aromatic nitrogens is 1. The van der Waals surface area contributed by atoms with Gasteiger partial charge in [0.15, 0.2) is 0 Å². The number of fused-ring (bicyclic) bond motifs is 1. The number of nitrogens with zero attached hydrogens (tertiary/aromatic N) is 1. The summed E-state index contributed by atoms with van der Waals surface area (Å²) in [4.78, 5) is 4.38. The van der Waals surface area contributed by atoms with Crippen LogP contribution in [0.25, 0.3) is 0 Å². The minimum Gasteiger partial charge on any atom is -0.396 e. The molecule has 0 aromatic carbocycles. The Kier molecular flexibility index (Phi) is 5.41. The van der Waals surface area contributed by atoms with Crippen LogP contribution in [-0.2, 0) is 11.2 Å². The molecule has 5 heteroatoms. The van der Waals surface area contributed by atoms with Crippen LogP contribution in [-0.4, -0.2) is 33.4 Å². The van der Waals surface area contributed by atoms with Crippen LogP contribution in [0.1, 0.15) is 90.0 Å². The van der Waals surface area contributed by atoms with E-state index in [1.807, 2.05) is 12.3 Å². The normalized spacial score (nSPS) is 44.4. The van der Waals surface area contributed by atoms with Gasteiger partial charge >= 0.3 is 0 Å². The quantitative estimate of drug-likeness (QED) is 0.588. The molecule has 7 rings (SSSR count).